The number of piperazine rings is 1. The summed E-state index contributed by atoms with van der Waals surface area (Å²) in [5.74, 6) is 2.77. The highest BCUT2D eigenvalue weighted by molar-refractivity contribution is 5.84. The molecule has 2 aliphatic rings. The SMILES string of the molecule is c1ccc(N2CCN(c3nc4ncnc(NC5CC5)c4[nH]3)CC2)nc1. The van der Waals surface area contributed by atoms with Gasteiger partial charge in [-0.1, -0.05) is 6.07 Å². The second-order valence-electron chi connectivity index (χ2n) is 6.56. The summed E-state index contributed by atoms with van der Waals surface area (Å²) >= 11 is 0. The zero-order valence-electron chi connectivity index (χ0n) is 13.9. The van der Waals surface area contributed by atoms with Gasteiger partial charge < -0.3 is 20.1 Å². The normalized spacial score (nSPS) is 17.9. The highest BCUT2D eigenvalue weighted by Gasteiger charge is 2.24. The zero-order chi connectivity index (χ0) is 16.6. The number of aromatic nitrogens is 5. The Morgan fingerprint density at radius 1 is 1.00 bits per heavy atom. The quantitative estimate of drug-likeness (QED) is 0.749. The minimum absolute atomic E-state index is 0.548. The Kier molecular flexibility index (Phi) is 3.39. The Labute approximate surface area is 145 Å². The average Bonchev–Trinajstić information content (AvgIpc) is 3.37. The van der Waals surface area contributed by atoms with Gasteiger partial charge in [-0.25, -0.2) is 15.0 Å². The van der Waals surface area contributed by atoms with Crippen molar-refractivity contribution < 1.29 is 0 Å². The highest BCUT2D eigenvalue weighted by Crippen LogP contribution is 2.28. The van der Waals surface area contributed by atoms with Gasteiger partial charge >= 0.3 is 0 Å². The molecule has 3 aromatic rings. The van der Waals surface area contributed by atoms with E-state index in [0.717, 1.165) is 54.9 Å². The van der Waals surface area contributed by atoms with Gasteiger partial charge in [-0.05, 0) is 25.0 Å². The lowest BCUT2D eigenvalue weighted by Crippen LogP contribution is -2.47. The van der Waals surface area contributed by atoms with Crippen LogP contribution in [-0.4, -0.2) is 57.1 Å². The van der Waals surface area contributed by atoms with Crippen LogP contribution >= 0.6 is 0 Å². The molecule has 2 N–H and O–H groups in total. The van der Waals surface area contributed by atoms with E-state index < -0.39 is 0 Å². The van der Waals surface area contributed by atoms with Crippen LogP contribution in [0.4, 0.5) is 17.6 Å². The second kappa shape index (κ2) is 5.87. The van der Waals surface area contributed by atoms with Gasteiger partial charge in [-0.3, -0.25) is 0 Å². The first-order chi connectivity index (χ1) is 12.4. The molecule has 0 aromatic carbocycles. The van der Waals surface area contributed by atoms with Crippen molar-refractivity contribution in [1.82, 2.24) is 24.9 Å². The molecule has 4 heterocycles. The maximum Gasteiger partial charge on any atom is 0.205 e. The third-order valence-electron chi connectivity index (χ3n) is 4.75. The fourth-order valence-electron chi connectivity index (χ4n) is 3.18. The molecule has 0 bridgehead atoms. The van der Waals surface area contributed by atoms with Crippen molar-refractivity contribution in [3.63, 3.8) is 0 Å². The van der Waals surface area contributed by atoms with Crippen molar-refractivity contribution in [1.29, 1.82) is 0 Å². The molecule has 8 heteroatoms. The van der Waals surface area contributed by atoms with Crippen LogP contribution in [0.25, 0.3) is 11.2 Å². The first kappa shape index (κ1) is 14.4. The number of nitrogens with one attached hydrogen (secondary N) is 2. The maximum atomic E-state index is 4.67. The van der Waals surface area contributed by atoms with E-state index in [1.807, 2.05) is 18.3 Å². The van der Waals surface area contributed by atoms with Crippen LogP contribution in [0.1, 0.15) is 12.8 Å². The maximum absolute atomic E-state index is 4.67. The van der Waals surface area contributed by atoms with E-state index in [1.54, 1.807) is 6.33 Å². The van der Waals surface area contributed by atoms with Crippen LogP contribution in [0.3, 0.4) is 0 Å². The van der Waals surface area contributed by atoms with Crippen LogP contribution in [-0.2, 0) is 0 Å². The fourth-order valence-corrected chi connectivity index (χ4v) is 3.18. The van der Waals surface area contributed by atoms with Crippen LogP contribution in [0, 0.1) is 0 Å². The number of nitrogens with zero attached hydrogens (tertiary/aromatic N) is 6. The first-order valence-corrected chi connectivity index (χ1v) is 8.75. The van der Waals surface area contributed by atoms with Gasteiger partial charge in [0.25, 0.3) is 0 Å². The van der Waals surface area contributed by atoms with Crippen molar-refractivity contribution in [3.05, 3.63) is 30.7 Å². The second-order valence-corrected chi connectivity index (χ2v) is 6.56. The molecule has 8 nitrogen and oxygen atoms in total. The number of hydrogen-bond donors (Lipinski definition) is 2. The molecule has 0 spiro atoms. The van der Waals surface area contributed by atoms with E-state index in [9.17, 15) is 0 Å². The van der Waals surface area contributed by atoms with Crippen molar-refractivity contribution >= 4 is 28.7 Å². The zero-order valence-corrected chi connectivity index (χ0v) is 13.9. The van der Waals surface area contributed by atoms with Crippen molar-refractivity contribution in [2.45, 2.75) is 18.9 Å². The third kappa shape index (κ3) is 2.84. The Bertz CT molecular complexity index is 865. The van der Waals surface area contributed by atoms with Gasteiger partial charge in [0, 0.05) is 38.4 Å². The predicted molar refractivity (Wildman–Crippen MR) is 97.0 cm³/mol. The van der Waals surface area contributed by atoms with Crippen molar-refractivity contribution in [2.75, 3.05) is 41.3 Å². The van der Waals surface area contributed by atoms with E-state index in [-0.39, 0.29) is 0 Å². The van der Waals surface area contributed by atoms with Crippen molar-refractivity contribution in [3.8, 4) is 0 Å². The van der Waals surface area contributed by atoms with Gasteiger partial charge in [0.05, 0.1) is 0 Å². The summed E-state index contributed by atoms with van der Waals surface area (Å²) in [6.45, 7) is 3.64. The monoisotopic (exact) mass is 336 g/mol. The number of fused-ring (bicyclic) bond motifs is 1. The smallest absolute Gasteiger partial charge is 0.205 e. The molecule has 1 saturated heterocycles. The summed E-state index contributed by atoms with van der Waals surface area (Å²) in [4.78, 5) is 25.8. The molecule has 1 aliphatic carbocycles. The summed E-state index contributed by atoms with van der Waals surface area (Å²) in [6, 6.07) is 6.58. The molecule has 128 valence electrons. The van der Waals surface area contributed by atoms with E-state index in [2.05, 4.69) is 46.1 Å². The van der Waals surface area contributed by atoms with Crippen LogP contribution < -0.4 is 15.1 Å². The summed E-state index contributed by atoms with van der Waals surface area (Å²) in [6.07, 6.45) is 5.84. The van der Waals surface area contributed by atoms with Gasteiger partial charge in [0.2, 0.25) is 5.95 Å². The first-order valence-electron chi connectivity index (χ1n) is 8.75. The number of aromatic amines is 1. The van der Waals surface area contributed by atoms with Gasteiger partial charge in [0.15, 0.2) is 11.5 Å². The van der Waals surface area contributed by atoms with Gasteiger partial charge in [-0.15, -0.1) is 0 Å². The Hall–Kier alpha value is -2.90. The van der Waals surface area contributed by atoms with E-state index >= 15 is 0 Å². The lowest BCUT2D eigenvalue weighted by atomic mass is 10.3. The van der Waals surface area contributed by atoms with Crippen LogP contribution in [0.15, 0.2) is 30.7 Å². The van der Waals surface area contributed by atoms with E-state index in [0.29, 0.717) is 6.04 Å². The number of pyridine rings is 1. The summed E-state index contributed by atoms with van der Waals surface area (Å²) < 4.78 is 0. The number of anilines is 3. The standard InChI is InChI=1S/C17H20N8/c1-2-6-18-13(3-1)24-7-9-25(10-8-24)17-22-14-15(21-12-4-5-12)19-11-20-16(14)23-17/h1-3,6,11-12H,4-5,7-10H2,(H2,19,20,21,22,23). The molecular weight excluding hydrogens is 316 g/mol. The van der Waals surface area contributed by atoms with Gasteiger partial charge in [-0.2, -0.15) is 4.98 Å². The third-order valence-corrected chi connectivity index (χ3v) is 4.75. The fraction of sp³-hybridized carbons (Fsp3) is 0.412. The summed E-state index contributed by atoms with van der Waals surface area (Å²) in [5.41, 5.74) is 1.62. The summed E-state index contributed by atoms with van der Waals surface area (Å²) in [5, 5.41) is 3.45. The Morgan fingerprint density at radius 3 is 2.60 bits per heavy atom. The molecule has 2 fully saturated rings. The van der Waals surface area contributed by atoms with Crippen molar-refractivity contribution in [2.24, 2.45) is 0 Å². The molecule has 1 aliphatic heterocycles. The molecule has 25 heavy (non-hydrogen) atoms. The molecule has 3 aromatic heterocycles. The highest BCUT2D eigenvalue weighted by atomic mass is 15.3. The molecule has 5 rings (SSSR count). The van der Waals surface area contributed by atoms with Crippen LogP contribution in [0.5, 0.6) is 0 Å². The average molecular weight is 336 g/mol. The molecule has 0 radical (unpaired) electrons. The number of rotatable bonds is 4. The predicted octanol–water partition coefficient (Wildman–Crippen LogP) is 1.65. The molecule has 0 amide bonds. The van der Waals surface area contributed by atoms with E-state index in [4.69, 9.17) is 0 Å². The Balaban J connectivity index is 1.34. The molecule has 1 saturated carbocycles. The summed E-state index contributed by atoms with van der Waals surface area (Å²) in [7, 11) is 0. The minimum Gasteiger partial charge on any atom is -0.365 e. The minimum atomic E-state index is 0.548. The largest absolute Gasteiger partial charge is 0.365 e. The number of hydrogen-bond acceptors (Lipinski definition) is 7. The topological polar surface area (TPSA) is 85.9 Å². The molecule has 0 unspecified atom stereocenters. The van der Waals surface area contributed by atoms with Crippen LogP contribution in [0.2, 0.25) is 0 Å². The lowest BCUT2D eigenvalue weighted by molar-refractivity contribution is 0.638. The molecule has 0 atom stereocenters. The Morgan fingerprint density at radius 2 is 1.84 bits per heavy atom. The number of H-pyrrole nitrogens is 1. The van der Waals surface area contributed by atoms with Gasteiger partial charge in [0.1, 0.15) is 17.7 Å². The molecular formula is C17H20N8. The van der Waals surface area contributed by atoms with E-state index in [1.165, 1.54) is 12.8 Å². The number of imidazole rings is 1. The lowest BCUT2D eigenvalue weighted by Gasteiger charge is -2.35.